The van der Waals surface area contributed by atoms with Gasteiger partial charge in [-0.2, -0.15) is 0 Å². The van der Waals surface area contributed by atoms with Gasteiger partial charge in [-0.05, 0) is 74.1 Å². The van der Waals surface area contributed by atoms with E-state index in [9.17, 15) is 9.59 Å². The van der Waals surface area contributed by atoms with E-state index in [0.29, 0.717) is 35.8 Å². The maximum Gasteiger partial charge on any atom is 0.338 e. The summed E-state index contributed by atoms with van der Waals surface area (Å²) in [6.45, 7) is 4.78. The van der Waals surface area contributed by atoms with Crippen LogP contribution in [0.3, 0.4) is 0 Å². The number of nitrogens with one attached hydrogen (secondary N) is 2. The maximum absolute atomic E-state index is 12.2. The molecule has 2 aromatic rings. The minimum atomic E-state index is -0.366. The maximum atomic E-state index is 12.2. The molecule has 7 heteroatoms. The summed E-state index contributed by atoms with van der Waals surface area (Å²) in [7, 11) is 0. The lowest BCUT2D eigenvalue weighted by Crippen LogP contribution is -2.34. The first-order chi connectivity index (χ1) is 13.0. The van der Waals surface area contributed by atoms with E-state index in [1.807, 2.05) is 13.8 Å². The van der Waals surface area contributed by atoms with Crippen LogP contribution in [0.5, 0.6) is 5.75 Å². The summed E-state index contributed by atoms with van der Waals surface area (Å²) in [5.74, 6) is 0.0115. The average Bonchev–Trinajstić information content (AvgIpc) is 2.67. The molecule has 0 aromatic heterocycles. The number of thiocarbonyl (C=S) groups is 1. The average molecular weight is 386 g/mol. The lowest BCUT2D eigenvalue weighted by Gasteiger charge is -2.10. The molecule has 0 saturated heterocycles. The Morgan fingerprint density at radius 2 is 1.59 bits per heavy atom. The molecule has 0 fully saturated rings. The first-order valence-electron chi connectivity index (χ1n) is 8.65. The van der Waals surface area contributed by atoms with E-state index < -0.39 is 0 Å². The van der Waals surface area contributed by atoms with Crippen molar-refractivity contribution in [2.75, 3.05) is 18.5 Å². The van der Waals surface area contributed by atoms with Crippen molar-refractivity contribution in [3.63, 3.8) is 0 Å². The van der Waals surface area contributed by atoms with Crippen LogP contribution in [0, 0.1) is 0 Å². The fraction of sp³-hybridized carbons (Fsp3) is 0.250. The molecule has 0 unspecified atom stereocenters. The number of carbonyl (C=O) groups excluding carboxylic acids is 2. The summed E-state index contributed by atoms with van der Waals surface area (Å²) in [5.41, 5.74) is 1.58. The third kappa shape index (κ3) is 6.38. The highest BCUT2D eigenvalue weighted by atomic mass is 32.1. The van der Waals surface area contributed by atoms with Crippen LogP contribution in [0.15, 0.2) is 48.5 Å². The molecule has 0 radical (unpaired) electrons. The molecule has 0 aliphatic rings. The van der Waals surface area contributed by atoms with E-state index >= 15 is 0 Å². The molecule has 0 heterocycles. The largest absolute Gasteiger partial charge is 0.494 e. The lowest BCUT2D eigenvalue weighted by atomic mass is 10.2. The third-order valence-corrected chi connectivity index (χ3v) is 3.67. The first kappa shape index (κ1) is 20.4. The number of carbonyl (C=O) groups is 2. The van der Waals surface area contributed by atoms with Crippen LogP contribution in [-0.4, -0.2) is 30.2 Å². The van der Waals surface area contributed by atoms with Crippen molar-refractivity contribution in [3.8, 4) is 5.75 Å². The van der Waals surface area contributed by atoms with Crippen LogP contribution in [0.2, 0.25) is 0 Å². The molecule has 0 spiro atoms. The molecule has 2 N–H and O–H groups in total. The molecule has 0 saturated carbocycles. The van der Waals surface area contributed by atoms with Crippen molar-refractivity contribution < 1.29 is 19.1 Å². The molecule has 2 rings (SSSR count). The smallest absolute Gasteiger partial charge is 0.338 e. The van der Waals surface area contributed by atoms with E-state index in [1.54, 1.807) is 48.5 Å². The summed E-state index contributed by atoms with van der Waals surface area (Å²) in [6.07, 6.45) is 0.772. The standard InChI is InChI=1S/C20H22N2O4S/c1-3-13-26-19(24)15-5-9-16(10-6-15)21-20(27)22-18(23)14-7-11-17(12-8-14)25-4-2/h5-12H,3-4,13H2,1-2H3,(H2,21,22,23,27). The number of benzene rings is 2. The predicted octanol–water partition coefficient (Wildman–Crippen LogP) is 3.78. The molecule has 6 nitrogen and oxygen atoms in total. The third-order valence-electron chi connectivity index (χ3n) is 3.47. The van der Waals surface area contributed by atoms with E-state index in [4.69, 9.17) is 21.7 Å². The molecular weight excluding hydrogens is 364 g/mol. The summed E-state index contributed by atoms with van der Waals surface area (Å²) >= 11 is 5.16. The number of rotatable bonds is 7. The number of anilines is 1. The molecule has 0 aliphatic heterocycles. The second-order valence-corrected chi connectivity index (χ2v) is 5.99. The van der Waals surface area contributed by atoms with E-state index in [-0.39, 0.29) is 17.0 Å². The Balaban J connectivity index is 1.89. The molecule has 0 bridgehead atoms. The van der Waals surface area contributed by atoms with Gasteiger partial charge in [-0.1, -0.05) is 6.92 Å². The van der Waals surface area contributed by atoms with Crippen molar-refractivity contribution in [1.29, 1.82) is 0 Å². The van der Waals surface area contributed by atoms with Gasteiger partial charge in [0, 0.05) is 11.3 Å². The second kappa shape index (κ2) is 10.3. The van der Waals surface area contributed by atoms with Gasteiger partial charge in [0.15, 0.2) is 5.11 Å². The Morgan fingerprint density at radius 3 is 2.19 bits per heavy atom. The summed E-state index contributed by atoms with van der Waals surface area (Å²) in [4.78, 5) is 24.0. The van der Waals surface area contributed by atoms with Gasteiger partial charge >= 0.3 is 5.97 Å². The minimum Gasteiger partial charge on any atom is -0.494 e. The fourth-order valence-electron chi connectivity index (χ4n) is 2.17. The van der Waals surface area contributed by atoms with Gasteiger partial charge < -0.3 is 14.8 Å². The Hall–Kier alpha value is -2.93. The Labute approximate surface area is 163 Å². The van der Waals surface area contributed by atoms with Crippen molar-refractivity contribution in [1.82, 2.24) is 5.32 Å². The van der Waals surface area contributed by atoms with E-state index in [1.165, 1.54) is 0 Å². The monoisotopic (exact) mass is 386 g/mol. The van der Waals surface area contributed by atoms with E-state index in [2.05, 4.69) is 10.6 Å². The van der Waals surface area contributed by atoms with Crippen molar-refractivity contribution in [2.45, 2.75) is 20.3 Å². The van der Waals surface area contributed by atoms with Gasteiger partial charge in [0.1, 0.15) is 5.75 Å². The van der Waals surface area contributed by atoms with Crippen molar-refractivity contribution in [2.24, 2.45) is 0 Å². The Kier molecular flexibility index (Phi) is 7.76. The molecule has 142 valence electrons. The van der Waals surface area contributed by atoms with Crippen LogP contribution in [0.25, 0.3) is 0 Å². The first-order valence-corrected chi connectivity index (χ1v) is 9.06. The highest BCUT2D eigenvalue weighted by molar-refractivity contribution is 7.80. The number of esters is 1. The summed E-state index contributed by atoms with van der Waals surface area (Å²) in [5, 5.41) is 5.68. The molecular formula is C20H22N2O4S. The predicted molar refractivity (Wildman–Crippen MR) is 108 cm³/mol. The van der Waals surface area contributed by atoms with Crippen LogP contribution in [0.4, 0.5) is 5.69 Å². The fourth-order valence-corrected chi connectivity index (χ4v) is 2.39. The SMILES string of the molecule is CCCOC(=O)c1ccc(NC(=S)NC(=O)c2ccc(OCC)cc2)cc1. The molecule has 2 aromatic carbocycles. The molecule has 1 amide bonds. The number of ether oxygens (including phenoxy) is 2. The van der Waals surface area contributed by atoms with Crippen molar-refractivity contribution in [3.05, 3.63) is 59.7 Å². The zero-order valence-corrected chi connectivity index (χ0v) is 16.1. The Morgan fingerprint density at radius 1 is 0.963 bits per heavy atom. The van der Waals surface area contributed by atoms with Gasteiger partial charge in [-0.3, -0.25) is 10.1 Å². The second-order valence-electron chi connectivity index (χ2n) is 5.58. The van der Waals surface area contributed by atoms with Crippen LogP contribution >= 0.6 is 12.2 Å². The molecule has 0 atom stereocenters. The molecule has 27 heavy (non-hydrogen) atoms. The number of amides is 1. The van der Waals surface area contributed by atoms with Crippen LogP contribution < -0.4 is 15.4 Å². The van der Waals surface area contributed by atoms with Gasteiger partial charge in [-0.15, -0.1) is 0 Å². The minimum absolute atomic E-state index is 0.162. The quantitative estimate of drug-likeness (QED) is 0.557. The lowest BCUT2D eigenvalue weighted by molar-refractivity contribution is 0.0505. The normalized spacial score (nSPS) is 10.0. The highest BCUT2D eigenvalue weighted by Gasteiger charge is 2.10. The van der Waals surface area contributed by atoms with Gasteiger partial charge in [-0.25, -0.2) is 4.79 Å². The van der Waals surface area contributed by atoms with Crippen molar-refractivity contribution >= 4 is 34.9 Å². The van der Waals surface area contributed by atoms with Gasteiger partial charge in [0.25, 0.3) is 5.91 Å². The zero-order valence-electron chi connectivity index (χ0n) is 15.3. The number of hydrogen-bond acceptors (Lipinski definition) is 5. The summed E-state index contributed by atoms with van der Waals surface area (Å²) in [6, 6.07) is 13.4. The highest BCUT2D eigenvalue weighted by Crippen LogP contribution is 2.13. The number of hydrogen-bond donors (Lipinski definition) is 2. The Bertz CT molecular complexity index is 789. The summed E-state index contributed by atoms with van der Waals surface area (Å²) < 4.78 is 10.4. The van der Waals surface area contributed by atoms with E-state index in [0.717, 1.165) is 6.42 Å². The van der Waals surface area contributed by atoms with Crippen LogP contribution in [0.1, 0.15) is 41.0 Å². The van der Waals surface area contributed by atoms with Crippen LogP contribution in [-0.2, 0) is 4.74 Å². The van der Waals surface area contributed by atoms with Gasteiger partial charge in [0.05, 0.1) is 18.8 Å². The zero-order chi connectivity index (χ0) is 19.6. The topological polar surface area (TPSA) is 76.7 Å². The molecule has 0 aliphatic carbocycles. The van der Waals surface area contributed by atoms with Gasteiger partial charge in [0.2, 0.25) is 0 Å².